The molecule has 0 bridgehead atoms. The zero-order valence-corrected chi connectivity index (χ0v) is 7.35. The van der Waals surface area contributed by atoms with Crippen molar-refractivity contribution in [3.63, 3.8) is 0 Å². The predicted molar refractivity (Wildman–Crippen MR) is 50.9 cm³/mol. The van der Waals surface area contributed by atoms with Crippen LogP contribution in [0.3, 0.4) is 0 Å². The molecule has 1 heterocycles. The van der Waals surface area contributed by atoms with Crippen LogP contribution in [0.2, 0.25) is 0 Å². The van der Waals surface area contributed by atoms with Crippen molar-refractivity contribution < 1.29 is 4.39 Å². The molecule has 1 aromatic heterocycles. The van der Waals surface area contributed by atoms with Gasteiger partial charge in [0.1, 0.15) is 6.17 Å². The highest BCUT2D eigenvalue weighted by atomic mass is 32.1. The van der Waals surface area contributed by atoms with Crippen LogP contribution in [0.25, 0.3) is 5.57 Å². The fraction of sp³-hybridized carbons (Fsp3) is 0.200. The third kappa shape index (κ3) is 1.48. The molecule has 0 radical (unpaired) electrons. The maximum absolute atomic E-state index is 12.7. The van der Waals surface area contributed by atoms with E-state index >= 15 is 0 Å². The molecule has 0 fully saturated rings. The fourth-order valence-corrected chi connectivity index (χ4v) is 1.97. The van der Waals surface area contributed by atoms with Crippen molar-refractivity contribution in [3.05, 3.63) is 40.6 Å². The lowest BCUT2D eigenvalue weighted by molar-refractivity contribution is 0.402. The number of rotatable bonds is 1. The Hall–Kier alpha value is -0.890. The average molecular weight is 180 g/mol. The van der Waals surface area contributed by atoms with Gasteiger partial charge in [-0.2, -0.15) is 0 Å². The van der Waals surface area contributed by atoms with E-state index < -0.39 is 6.17 Å². The zero-order valence-electron chi connectivity index (χ0n) is 6.53. The summed E-state index contributed by atoms with van der Waals surface area (Å²) in [5, 5.41) is 2.03. The van der Waals surface area contributed by atoms with Gasteiger partial charge in [-0.15, -0.1) is 11.3 Å². The smallest absolute Gasteiger partial charge is 0.122 e. The van der Waals surface area contributed by atoms with Crippen LogP contribution in [0.1, 0.15) is 11.3 Å². The fourth-order valence-electron chi connectivity index (χ4n) is 1.22. The van der Waals surface area contributed by atoms with E-state index in [9.17, 15) is 4.39 Å². The standard InChI is InChI=1S/C10H9FS/c11-9-5-3-8(4-6-9)10-2-1-7-12-10/h1-5,7,9H,6H2. The van der Waals surface area contributed by atoms with E-state index in [1.165, 1.54) is 4.88 Å². The maximum atomic E-state index is 12.7. The molecule has 0 saturated carbocycles. The lowest BCUT2D eigenvalue weighted by atomic mass is 10.1. The van der Waals surface area contributed by atoms with Crippen LogP contribution in [0.4, 0.5) is 4.39 Å². The third-order valence-electron chi connectivity index (χ3n) is 1.85. The highest BCUT2D eigenvalue weighted by Crippen LogP contribution is 2.25. The molecule has 0 nitrogen and oxygen atoms in total. The third-order valence-corrected chi connectivity index (χ3v) is 2.77. The van der Waals surface area contributed by atoms with Gasteiger partial charge >= 0.3 is 0 Å². The summed E-state index contributed by atoms with van der Waals surface area (Å²) in [5.74, 6) is 0. The molecule has 12 heavy (non-hydrogen) atoms. The van der Waals surface area contributed by atoms with Crippen molar-refractivity contribution in [2.24, 2.45) is 0 Å². The van der Waals surface area contributed by atoms with Gasteiger partial charge in [-0.25, -0.2) is 4.39 Å². The van der Waals surface area contributed by atoms with Crippen LogP contribution in [-0.4, -0.2) is 6.17 Å². The van der Waals surface area contributed by atoms with E-state index in [0.29, 0.717) is 6.42 Å². The summed E-state index contributed by atoms with van der Waals surface area (Å²) in [6, 6.07) is 4.07. The van der Waals surface area contributed by atoms with Gasteiger partial charge in [-0.05, 0) is 23.1 Å². The van der Waals surface area contributed by atoms with Crippen LogP contribution in [-0.2, 0) is 0 Å². The number of halogens is 1. The second kappa shape index (κ2) is 3.23. The minimum atomic E-state index is -0.784. The Labute approximate surface area is 75.0 Å². The van der Waals surface area contributed by atoms with Gasteiger partial charge in [0.15, 0.2) is 0 Å². The molecule has 1 aliphatic carbocycles. The minimum Gasteiger partial charge on any atom is -0.243 e. The Balaban J connectivity index is 2.23. The van der Waals surface area contributed by atoms with Crippen LogP contribution in [0.5, 0.6) is 0 Å². The van der Waals surface area contributed by atoms with Gasteiger partial charge in [-0.1, -0.05) is 18.2 Å². The number of hydrogen-bond donors (Lipinski definition) is 0. The van der Waals surface area contributed by atoms with Gasteiger partial charge in [0, 0.05) is 11.3 Å². The second-order valence-corrected chi connectivity index (χ2v) is 3.70. The van der Waals surface area contributed by atoms with Crippen molar-refractivity contribution in [3.8, 4) is 0 Å². The van der Waals surface area contributed by atoms with Crippen molar-refractivity contribution in [2.45, 2.75) is 12.6 Å². The first-order valence-corrected chi connectivity index (χ1v) is 4.80. The Morgan fingerprint density at radius 3 is 3.00 bits per heavy atom. The van der Waals surface area contributed by atoms with E-state index in [0.717, 1.165) is 5.57 Å². The Kier molecular flexibility index (Phi) is 2.09. The lowest BCUT2D eigenvalue weighted by Gasteiger charge is -2.07. The maximum Gasteiger partial charge on any atom is 0.122 e. The average Bonchev–Trinajstić information content (AvgIpc) is 2.58. The number of allylic oxidation sites excluding steroid dienone is 4. The van der Waals surface area contributed by atoms with Gasteiger partial charge < -0.3 is 0 Å². The summed E-state index contributed by atoms with van der Waals surface area (Å²) in [5.41, 5.74) is 1.15. The summed E-state index contributed by atoms with van der Waals surface area (Å²) in [6.45, 7) is 0. The predicted octanol–water partition coefficient (Wildman–Crippen LogP) is 3.43. The first-order chi connectivity index (χ1) is 5.86. The van der Waals surface area contributed by atoms with Gasteiger partial charge in [0.25, 0.3) is 0 Å². The minimum absolute atomic E-state index is 0.518. The Morgan fingerprint density at radius 2 is 2.42 bits per heavy atom. The number of alkyl halides is 1. The summed E-state index contributed by atoms with van der Waals surface area (Å²) < 4.78 is 12.7. The highest BCUT2D eigenvalue weighted by Gasteiger charge is 2.07. The van der Waals surface area contributed by atoms with E-state index in [1.807, 2.05) is 23.6 Å². The van der Waals surface area contributed by atoms with E-state index in [1.54, 1.807) is 17.4 Å². The molecule has 0 spiro atoms. The van der Waals surface area contributed by atoms with Crippen molar-refractivity contribution in [2.75, 3.05) is 0 Å². The van der Waals surface area contributed by atoms with Crippen LogP contribution >= 0.6 is 11.3 Å². The zero-order chi connectivity index (χ0) is 8.39. The lowest BCUT2D eigenvalue weighted by Crippen LogP contribution is -1.97. The summed E-state index contributed by atoms with van der Waals surface area (Å²) in [4.78, 5) is 1.22. The molecule has 0 aromatic carbocycles. The second-order valence-electron chi connectivity index (χ2n) is 2.75. The van der Waals surface area contributed by atoms with Crippen LogP contribution in [0.15, 0.2) is 35.7 Å². The molecule has 1 unspecified atom stereocenters. The molecule has 0 saturated heterocycles. The van der Waals surface area contributed by atoms with E-state index in [2.05, 4.69) is 6.07 Å². The first-order valence-electron chi connectivity index (χ1n) is 3.92. The monoisotopic (exact) mass is 180 g/mol. The molecular weight excluding hydrogens is 171 g/mol. The Morgan fingerprint density at radius 1 is 1.50 bits per heavy atom. The molecule has 0 aliphatic heterocycles. The van der Waals surface area contributed by atoms with E-state index in [4.69, 9.17) is 0 Å². The van der Waals surface area contributed by atoms with Gasteiger partial charge in [-0.3, -0.25) is 0 Å². The van der Waals surface area contributed by atoms with Crippen LogP contribution < -0.4 is 0 Å². The molecule has 2 heteroatoms. The molecule has 1 aromatic rings. The van der Waals surface area contributed by atoms with E-state index in [-0.39, 0.29) is 0 Å². The van der Waals surface area contributed by atoms with Crippen molar-refractivity contribution >= 4 is 16.9 Å². The summed E-state index contributed by atoms with van der Waals surface area (Å²) in [7, 11) is 0. The quantitative estimate of drug-likeness (QED) is 0.621. The van der Waals surface area contributed by atoms with Crippen LogP contribution in [0, 0.1) is 0 Å². The Bertz CT molecular complexity index is 309. The first kappa shape index (κ1) is 7.74. The number of thiophene rings is 1. The SMILES string of the molecule is FC1C=CC(c2cccs2)=CC1. The largest absolute Gasteiger partial charge is 0.243 e. The molecule has 1 atom stereocenters. The molecule has 0 N–H and O–H groups in total. The molecule has 1 aliphatic rings. The van der Waals surface area contributed by atoms with Gasteiger partial charge in [0.05, 0.1) is 0 Å². The molecular formula is C10H9FS. The summed E-state index contributed by atoms with van der Waals surface area (Å²) in [6.07, 6.45) is 5.17. The highest BCUT2D eigenvalue weighted by molar-refractivity contribution is 7.11. The summed E-state index contributed by atoms with van der Waals surface area (Å²) >= 11 is 1.69. The molecule has 2 rings (SSSR count). The van der Waals surface area contributed by atoms with Crippen molar-refractivity contribution in [1.29, 1.82) is 0 Å². The molecule has 0 amide bonds. The van der Waals surface area contributed by atoms with Crippen molar-refractivity contribution in [1.82, 2.24) is 0 Å². The van der Waals surface area contributed by atoms with Gasteiger partial charge in [0.2, 0.25) is 0 Å². The topological polar surface area (TPSA) is 0 Å². The normalized spacial score (nSPS) is 22.4. The molecule has 62 valence electrons. The number of hydrogen-bond acceptors (Lipinski definition) is 1.